The van der Waals surface area contributed by atoms with E-state index in [1.54, 1.807) is 12.4 Å². The first-order valence-corrected chi connectivity index (χ1v) is 10.5. The fourth-order valence-electron chi connectivity index (χ4n) is 4.72. The zero-order chi connectivity index (χ0) is 20.6. The van der Waals surface area contributed by atoms with Gasteiger partial charge in [-0.15, -0.1) is 0 Å². The zero-order valence-electron chi connectivity index (χ0n) is 16.9. The number of phenols is 1. The molecule has 5 rings (SSSR count). The highest BCUT2D eigenvalue weighted by molar-refractivity contribution is 5.90. The minimum absolute atomic E-state index is 0.0443. The van der Waals surface area contributed by atoms with E-state index in [9.17, 15) is 9.90 Å². The molecule has 0 atom stereocenters. The van der Waals surface area contributed by atoms with E-state index in [0.717, 1.165) is 67.6 Å². The van der Waals surface area contributed by atoms with Crippen LogP contribution in [-0.2, 0) is 6.54 Å². The van der Waals surface area contributed by atoms with Crippen LogP contribution in [0.4, 0.5) is 10.5 Å². The van der Waals surface area contributed by atoms with E-state index < -0.39 is 0 Å². The first-order chi connectivity index (χ1) is 14.6. The Bertz CT molecular complexity index is 1050. The van der Waals surface area contributed by atoms with Crippen LogP contribution in [-0.4, -0.2) is 52.1 Å². The molecule has 0 unspecified atom stereocenters. The molecule has 0 saturated carbocycles. The highest BCUT2D eigenvalue weighted by Crippen LogP contribution is 2.41. The number of anilines is 1. The van der Waals surface area contributed by atoms with Crippen LogP contribution in [0, 0.1) is 5.41 Å². The Morgan fingerprint density at radius 3 is 2.63 bits per heavy atom. The minimum Gasteiger partial charge on any atom is -0.507 e. The third-order valence-electron chi connectivity index (χ3n) is 6.55. The molecule has 2 fully saturated rings. The van der Waals surface area contributed by atoms with Crippen LogP contribution in [0.5, 0.6) is 5.75 Å². The van der Waals surface area contributed by atoms with E-state index >= 15 is 0 Å². The van der Waals surface area contributed by atoms with Crippen LogP contribution in [0.2, 0.25) is 0 Å². The Hall–Kier alpha value is -3.12. The van der Waals surface area contributed by atoms with Crippen molar-refractivity contribution >= 4 is 22.5 Å². The quantitative estimate of drug-likeness (QED) is 0.693. The summed E-state index contributed by atoms with van der Waals surface area (Å²) >= 11 is 0. The van der Waals surface area contributed by atoms with Crippen molar-refractivity contribution in [1.82, 2.24) is 14.8 Å². The van der Waals surface area contributed by atoms with Crippen molar-refractivity contribution in [2.24, 2.45) is 5.41 Å². The number of hydrogen-bond donors (Lipinski definition) is 2. The van der Waals surface area contributed by atoms with Crippen LogP contribution < -0.4 is 5.32 Å². The molecule has 30 heavy (non-hydrogen) atoms. The Labute approximate surface area is 176 Å². The molecule has 2 N–H and O–H groups in total. The fraction of sp³-hybridized carbons (Fsp3) is 0.333. The number of urea groups is 1. The van der Waals surface area contributed by atoms with Gasteiger partial charge >= 0.3 is 6.03 Å². The maximum absolute atomic E-state index is 12.4. The number of piperidine rings is 1. The molecule has 2 aromatic carbocycles. The third kappa shape index (κ3) is 3.59. The van der Waals surface area contributed by atoms with Gasteiger partial charge in [0.05, 0.1) is 11.9 Å². The second-order valence-electron chi connectivity index (χ2n) is 8.60. The Morgan fingerprint density at radius 2 is 1.87 bits per heavy atom. The number of nitrogens with one attached hydrogen (secondary N) is 1. The lowest BCUT2D eigenvalue weighted by molar-refractivity contribution is -0.0201. The summed E-state index contributed by atoms with van der Waals surface area (Å²) in [6.45, 7) is 4.37. The predicted molar refractivity (Wildman–Crippen MR) is 117 cm³/mol. The number of phenolic OH excluding ortho intramolecular Hbond substituents is 1. The van der Waals surface area contributed by atoms with Gasteiger partial charge in [0.1, 0.15) is 5.75 Å². The monoisotopic (exact) mass is 402 g/mol. The van der Waals surface area contributed by atoms with Gasteiger partial charge in [-0.25, -0.2) is 4.79 Å². The summed E-state index contributed by atoms with van der Waals surface area (Å²) in [6.07, 6.45) is 5.52. The molecule has 2 aliphatic heterocycles. The molecule has 3 aromatic rings. The second kappa shape index (κ2) is 7.61. The Kier molecular flexibility index (Phi) is 4.79. The largest absolute Gasteiger partial charge is 0.507 e. The fourth-order valence-corrected chi connectivity index (χ4v) is 4.72. The molecule has 2 amide bonds. The van der Waals surface area contributed by atoms with Gasteiger partial charge in [-0.05, 0) is 43.5 Å². The zero-order valence-corrected chi connectivity index (χ0v) is 16.9. The maximum atomic E-state index is 12.4. The van der Waals surface area contributed by atoms with E-state index in [-0.39, 0.29) is 11.4 Å². The van der Waals surface area contributed by atoms with Crippen LogP contribution >= 0.6 is 0 Å². The number of aromatic nitrogens is 1. The van der Waals surface area contributed by atoms with Gasteiger partial charge in [0.15, 0.2) is 0 Å². The molecule has 0 aliphatic carbocycles. The van der Waals surface area contributed by atoms with Crippen molar-refractivity contribution < 1.29 is 9.90 Å². The van der Waals surface area contributed by atoms with Gasteiger partial charge in [-0.3, -0.25) is 9.88 Å². The van der Waals surface area contributed by atoms with Gasteiger partial charge in [0, 0.05) is 42.2 Å². The van der Waals surface area contributed by atoms with Crippen molar-refractivity contribution in [3.63, 3.8) is 0 Å². The number of carbonyl (C=O) groups is 1. The van der Waals surface area contributed by atoms with Gasteiger partial charge in [0.2, 0.25) is 0 Å². The van der Waals surface area contributed by atoms with E-state index in [1.165, 1.54) is 0 Å². The summed E-state index contributed by atoms with van der Waals surface area (Å²) in [5.41, 5.74) is 1.96. The summed E-state index contributed by atoms with van der Waals surface area (Å²) in [5, 5.41) is 15.6. The predicted octanol–water partition coefficient (Wildman–Crippen LogP) is 4.07. The number of aromatic hydroxyl groups is 1. The standard InChI is InChI=1S/C24H26N4O2/c29-22-19(8-7-18-4-1-2-6-21(18)22)15-27-12-9-24(10-13-27)16-28(17-24)23(30)26-20-5-3-11-25-14-20/h1-8,11,14,29H,9-10,12-13,15-17H2,(H,26,30). The topological polar surface area (TPSA) is 68.7 Å². The van der Waals surface area contributed by atoms with E-state index in [1.807, 2.05) is 47.4 Å². The summed E-state index contributed by atoms with van der Waals surface area (Å²) < 4.78 is 0. The molecular formula is C24H26N4O2. The van der Waals surface area contributed by atoms with E-state index in [0.29, 0.717) is 5.75 Å². The van der Waals surface area contributed by atoms with Crippen LogP contribution in [0.15, 0.2) is 60.9 Å². The van der Waals surface area contributed by atoms with Crippen LogP contribution in [0.1, 0.15) is 18.4 Å². The number of rotatable bonds is 3. The van der Waals surface area contributed by atoms with Crippen molar-refractivity contribution in [3.8, 4) is 5.75 Å². The first kappa shape index (κ1) is 18.9. The number of hydrogen-bond acceptors (Lipinski definition) is 4. The van der Waals surface area contributed by atoms with Gasteiger partial charge in [-0.2, -0.15) is 0 Å². The normalized spacial score (nSPS) is 18.3. The van der Waals surface area contributed by atoms with Crippen molar-refractivity contribution in [2.45, 2.75) is 19.4 Å². The second-order valence-corrected chi connectivity index (χ2v) is 8.60. The van der Waals surface area contributed by atoms with E-state index in [2.05, 4.69) is 21.3 Å². The molecule has 6 heteroatoms. The molecular weight excluding hydrogens is 376 g/mol. The highest BCUT2D eigenvalue weighted by Gasteiger charge is 2.46. The number of likely N-dealkylation sites (tertiary alicyclic amines) is 2. The number of pyridine rings is 1. The van der Waals surface area contributed by atoms with Crippen LogP contribution in [0.25, 0.3) is 10.8 Å². The lowest BCUT2D eigenvalue weighted by Gasteiger charge is -2.53. The average Bonchev–Trinajstić information content (AvgIpc) is 2.75. The number of carbonyl (C=O) groups excluding carboxylic acids is 1. The summed E-state index contributed by atoms with van der Waals surface area (Å²) in [5.74, 6) is 0.398. The first-order valence-electron chi connectivity index (χ1n) is 10.5. The Balaban J connectivity index is 1.15. The summed E-state index contributed by atoms with van der Waals surface area (Å²) in [4.78, 5) is 20.7. The van der Waals surface area contributed by atoms with Gasteiger partial charge in [-0.1, -0.05) is 36.4 Å². The molecule has 154 valence electrons. The van der Waals surface area contributed by atoms with Crippen molar-refractivity contribution in [1.29, 1.82) is 0 Å². The molecule has 6 nitrogen and oxygen atoms in total. The molecule has 0 bridgehead atoms. The van der Waals surface area contributed by atoms with Gasteiger partial charge in [0.25, 0.3) is 0 Å². The van der Waals surface area contributed by atoms with Crippen LogP contribution in [0.3, 0.4) is 0 Å². The molecule has 1 spiro atoms. The number of fused-ring (bicyclic) bond motifs is 1. The molecule has 0 radical (unpaired) electrons. The summed E-state index contributed by atoms with van der Waals surface area (Å²) in [7, 11) is 0. The lowest BCUT2D eigenvalue weighted by Crippen LogP contribution is -2.62. The number of nitrogens with zero attached hydrogens (tertiary/aromatic N) is 3. The average molecular weight is 402 g/mol. The number of benzene rings is 2. The minimum atomic E-state index is -0.0443. The molecule has 2 aliphatic rings. The molecule has 1 aromatic heterocycles. The van der Waals surface area contributed by atoms with E-state index in [4.69, 9.17) is 0 Å². The lowest BCUT2D eigenvalue weighted by atomic mass is 9.72. The van der Waals surface area contributed by atoms with Crippen molar-refractivity contribution in [3.05, 3.63) is 66.5 Å². The third-order valence-corrected chi connectivity index (χ3v) is 6.55. The smallest absolute Gasteiger partial charge is 0.321 e. The maximum Gasteiger partial charge on any atom is 0.321 e. The molecule has 3 heterocycles. The highest BCUT2D eigenvalue weighted by atomic mass is 16.3. The van der Waals surface area contributed by atoms with Gasteiger partial charge < -0.3 is 15.3 Å². The summed E-state index contributed by atoms with van der Waals surface area (Å²) in [6, 6.07) is 15.7. The Morgan fingerprint density at radius 1 is 1.07 bits per heavy atom. The van der Waals surface area contributed by atoms with Crippen molar-refractivity contribution in [2.75, 3.05) is 31.5 Å². The molecule has 2 saturated heterocycles. The number of amides is 2. The SMILES string of the molecule is O=C(Nc1cccnc1)N1CC2(CCN(Cc3ccc4ccccc4c3O)CC2)C1.